The molecule has 0 unspecified atom stereocenters. The van der Waals surface area contributed by atoms with Gasteiger partial charge in [0.25, 0.3) is 0 Å². The van der Waals surface area contributed by atoms with Crippen molar-refractivity contribution in [2.24, 2.45) is 0 Å². The third-order valence-corrected chi connectivity index (χ3v) is 6.15. The summed E-state index contributed by atoms with van der Waals surface area (Å²) < 4.78 is 5.47. The fraction of sp³-hybridized carbons (Fsp3) is 0.435. The van der Waals surface area contributed by atoms with Crippen molar-refractivity contribution in [1.29, 1.82) is 0 Å². The van der Waals surface area contributed by atoms with Gasteiger partial charge in [-0.1, -0.05) is 12.8 Å². The van der Waals surface area contributed by atoms with Gasteiger partial charge in [0.2, 0.25) is 5.91 Å². The summed E-state index contributed by atoms with van der Waals surface area (Å²) in [4.78, 5) is 33.3. The number of Topliss-reactive ketones (excluding diaryl/α,β-unsaturated/α-hetero) is 1. The molecule has 1 aliphatic heterocycles. The molecule has 1 aromatic carbocycles. The monoisotopic (exact) mass is 408 g/mol. The average molecular weight is 409 g/mol. The van der Waals surface area contributed by atoms with Crippen molar-refractivity contribution in [3.8, 4) is 5.75 Å². The van der Waals surface area contributed by atoms with Crippen LogP contribution in [0.1, 0.15) is 49.9 Å². The summed E-state index contributed by atoms with van der Waals surface area (Å²) in [5, 5.41) is 3.31. The minimum Gasteiger partial charge on any atom is -0.495 e. The van der Waals surface area contributed by atoms with Crippen LogP contribution >= 0.6 is 0 Å². The number of amides is 1. The average Bonchev–Trinajstić information content (AvgIpc) is 3.26. The SMILES string of the molecule is COc1cc(C(C)=O)ccc1Nc1ccc2c(n1)N(C1CCCC1)[C@H](C)C(=O)N2C. The molecule has 0 spiro atoms. The molecule has 0 bridgehead atoms. The van der Waals surface area contributed by atoms with Gasteiger partial charge in [0.1, 0.15) is 17.6 Å². The van der Waals surface area contributed by atoms with Crippen LogP contribution in [0, 0.1) is 0 Å². The molecule has 2 aliphatic rings. The van der Waals surface area contributed by atoms with E-state index in [1.54, 1.807) is 24.1 Å². The molecule has 2 aromatic rings. The van der Waals surface area contributed by atoms with Gasteiger partial charge in [-0.15, -0.1) is 0 Å². The second kappa shape index (κ2) is 7.97. The first-order valence-electron chi connectivity index (χ1n) is 10.4. The fourth-order valence-electron chi connectivity index (χ4n) is 4.49. The van der Waals surface area contributed by atoms with Crippen LogP contribution in [-0.4, -0.2) is 42.9 Å². The smallest absolute Gasteiger partial charge is 0.249 e. The van der Waals surface area contributed by atoms with E-state index in [1.807, 2.05) is 32.2 Å². The van der Waals surface area contributed by atoms with Gasteiger partial charge in [0, 0.05) is 18.7 Å². The molecule has 1 aliphatic carbocycles. The Morgan fingerprint density at radius 1 is 1.20 bits per heavy atom. The zero-order valence-electron chi connectivity index (χ0n) is 17.9. The molecule has 7 nitrogen and oxygen atoms in total. The van der Waals surface area contributed by atoms with Gasteiger partial charge in [-0.05, 0) is 57.0 Å². The normalized spacial score (nSPS) is 19.1. The molecule has 30 heavy (non-hydrogen) atoms. The number of ether oxygens (including phenoxy) is 1. The fourth-order valence-corrected chi connectivity index (χ4v) is 4.49. The van der Waals surface area contributed by atoms with E-state index in [9.17, 15) is 9.59 Å². The van der Waals surface area contributed by atoms with Crippen molar-refractivity contribution in [1.82, 2.24) is 4.98 Å². The highest BCUT2D eigenvalue weighted by Crippen LogP contribution is 2.40. The molecule has 1 amide bonds. The number of pyridine rings is 1. The van der Waals surface area contributed by atoms with E-state index in [-0.39, 0.29) is 17.7 Å². The van der Waals surface area contributed by atoms with Gasteiger partial charge >= 0.3 is 0 Å². The maximum absolute atomic E-state index is 12.8. The number of methoxy groups -OCH3 is 1. The number of anilines is 4. The van der Waals surface area contributed by atoms with Crippen molar-refractivity contribution in [3.63, 3.8) is 0 Å². The molecule has 1 aromatic heterocycles. The summed E-state index contributed by atoms with van der Waals surface area (Å²) >= 11 is 0. The molecule has 4 rings (SSSR count). The predicted molar refractivity (Wildman–Crippen MR) is 118 cm³/mol. The van der Waals surface area contributed by atoms with Gasteiger partial charge in [0.15, 0.2) is 11.6 Å². The van der Waals surface area contributed by atoms with E-state index in [0.717, 1.165) is 30.0 Å². The molecule has 1 fully saturated rings. The molecule has 1 N–H and O–H groups in total. The maximum Gasteiger partial charge on any atom is 0.249 e. The highest BCUT2D eigenvalue weighted by Gasteiger charge is 2.39. The zero-order chi connectivity index (χ0) is 21.4. The van der Waals surface area contributed by atoms with E-state index >= 15 is 0 Å². The molecule has 2 heterocycles. The lowest BCUT2D eigenvalue weighted by molar-refractivity contribution is -0.119. The first kappa shape index (κ1) is 20.2. The van der Waals surface area contributed by atoms with Crippen LogP contribution in [0.25, 0.3) is 0 Å². The lowest BCUT2D eigenvalue weighted by atomic mass is 10.1. The summed E-state index contributed by atoms with van der Waals surface area (Å²) in [6.07, 6.45) is 4.54. The summed E-state index contributed by atoms with van der Waals surface area (Å²) in [6.45, 7) is 3.49. The standard InChI is InChI=1S/C23H28N4O3/c1-14-23(29)26(3)19-11-12-21(25-22(19)27(14)17-7-5-6-8-17)24-18-10-9-16(15(2)28)13-20(18)30-4/h9-14,17H,5-8H2,1-4H3,(H,24,25)/t14-/m1/s1. The van der Waals surface area contributed by atoms with Crippen LogP contribution in [0.5, 0.6) is 5.75 Å². The van der Waals surface area contributed by atoms with Crippen molar-refractivity contribution in [2.75, 3.05) is 29.3 Å². The van der Waals surface area contributed by atoms with Crippen molar-refractivity contribution in [2.45, 2.75) is 51.6 Å². The molecule has 0 saturated heterocycles. The van der Waals surface area contributed by atoms with Gasteiger partial charge in [-0.25, -0.2) is 4.98 Å². The Morgan fingerprint density at radius 3 is 2.60 bits per heavy atom. The number of ketones is 1. The van der Waals surface area contributed by atoms with E-state index in [4.69, 9.17) is 9.72 Å². The highest BCUT2D eigenvalue weighted by atomic mass is 16.5. The molecular weight excluding hydrogens is 380 g/mol. The number of rotatable bonds is 5. The summed E-state index contributed by atoms with van der Waals surface area (Å²) in [5.74, 6) is 2.16. The number of hydrogen-bond acceptors (Lipinski definition) is 6. The molecular formula is C23H28N4O3. The Labute approximate surface area is 177 Å². The largest absolute Gasteiger partial charge is 0.495 e. The Hall–Kier alpha value is -3.09. The van der Waals surface area contributed by atoms with Crippen molar-refractivity contribution < 1.29 is 14.3 Å². The van der Waals surface area contributed by atoms with Crippen LogP contribution in [0.2, 0.25) is 0 Å². The van der Waals surface area contributed by atoms with Crippen LogP contribution in [0.3, 0.4) is 0 Å². The molecule has 7 heteroatoms. The van der Waals surface area contributed by atoms with Crippen LogP contribution in [0.4, 0.5) is 23.0 Å². The van der Waals surface area contributed by atoms with Gasteiger partial charge in [-0.3, -0.25) is 9.59 Å². The van der Waals surface area contributed by atoms with E-state index < -0.39 is 0 Å². The van der Waals surface area contributed by atoms with Crippen molar-refractivity contribution in [3.05, 3.63) is 35.9 Å². The minimum absolute atomic E-state index is 0.0133. The molecule has 1 saturated carbocycles. The van der Waals surface area contributed by atoms with E-state index in [0.29, 0.717) is 23.2 Å². The topological polar surface area (TPSA) is 74.8 Å². The van der Waals surface area contributed by atoms with Gasteiger partial charge in [-0.2, -0.15) is 0 Å². The number of aromatic nitrogens is 1. The Balaban J connectivity index is 1.71. The lowest BCUT2D eigenvalue weighted by Crippen LogP contribution is -2.54. The Bertz CT molecular complexity index is 984. The first-order valence-corrected chi connectivity index (χ1v) is 10.4. The first-order chi connectivity index (χ1) is 14.4. The van der Waals surface area contributed by atoms with Gasteiger partial charge < -0.3 is 19.9 Å². The number of nitrogens with one attached hydrogen (secondary N) is 1. The number of carbonyl (C=O) groups is 2. The Kier molecular flexibility index (Phi) is 5.37. The second-order valence-electron chi connectivity index (χ2n) is 8.05. The van der Waals surface area contributed by atoms with E-state index in [2.05, 4.69) is 10.2 Å². The second-order valence-corrected chi connectivity index (χ2v) is 8.05. The molecule has 0 radical (unpaired) electrons. The van der Waals surface area contributed by atoms with Crippen LogP contribution < -0.4 is 19.9 Å². The summed E-state index contributed by atoms with van der Waals surface area (Å²) in [6, 6.07) is 9.22. The lowest BCUT2D eigenvalue weighted by Gasteiger charge is -2.42. The van der Waals surface area contributed by atoms with Crippen LogP contribution in [-0.2, 0) is 4.79 Å². The quantitative estimate of drug-likeness (QED) is 0.749. The minimum atomic E-state index is -0.238. The van der Waals surface area contributed by atoms with Crippen molar-refractivity contribution >= 4 is 34.7 Å². The predicted octanol–water partition coefficient (Wildman–Crippen LogP) is 4.15. The number of carbonyl (C=O) groups excluding carboxylic acids is 2. The number of nitrogens with zero attached hydrogens (tertiary/aromatic N) is 3. The Morgan fingerprint density at radius 2 is 1.93 bits per heavy atom. The highest BCUT2D eigenvalue weighted by molar-refractivity contribution is 6.04. The number of hydrogen-bond donors (Lipinski definition) is 1. The van der Waals surface area contributed by atoms with E-state index in [1.165, 1.54) is 19.8 Å². The maximum atomic E-state index is 12.8. The summed E-state index contributed by atoms with van der Waals surface area (Å²) in [7, 11) is 3.39. The zero-order valence-corrected chi connectivity index (χ0v) is 17.9. The van der Waals surface area contributed by atoms with Crippen LogP contribution in [0.15, 0.2) is 30.3 Å². The number of fused-ring (bicyclic) bond motifs is 1. The third-order valence-electron chi connectivity index (χ3n) is 6.15. The number of benzene rings is 1. The molecule has 158 valence electrons. The molecule has 1 atom stereocenters. The number of likely N-dealkylation sites (N-methyl/N-ethyl adjacent to an activating group) is 1. The van der Waals surface area contributed by atoms with Gasteiger partial charge in [0.05, 0.1) is 18.5 Å². The summed E-state index contributed by atoms with van der Waals surface area (Å²) in [5.41, 5.74) is 2.15. The third kappa shape index (κ3) is 3.49.